The summed E-state index contributed by atoms with van der Waals surface area (Å²) in [5, 5.41) is 0. The van der Waals surface area contributed by atoms with Gasteiger partial charge in [-0.3, -0.25) is 4.79 Å². The maximum Gasteiger partial charge on any atom is 0.211 e. The number of hydrogen-bond donors (Lipinski definition) is 0. The lowest BCUT2D eigenvalue weighted by Crippen LogP contribution is -2.37. The highest BCUT2D eigenvalue weighted by molar-refractivity contribution is 7.88. The Morgan fingerprint density at radius 1 is 1.12 bits per heavy atom. The van der Waals surface area contributed by atoms with Gasteiger partial charge in [0.2, 0.25) is 10.0 Å². The van der Waals surface area contributed by atoms with Crippen LogP contribution in [0.25, 0.3) is 0 Å². The van der Waals surface area contributed by atoms with E-state index in [4.69, 9.17) is 0 Å². The summed E-state index contributed by atoms with van der Waals surface area (Å²) in [5.74, 6) is 0.482. The van der Waals surface area contributed by atoms with Gasteiger partial charge in [0.25, 0.3) is 0 Å². The summed E-state index contributed by atoms with van der Waals surface area (Å²) in [5.41, 5.74) is 0. The van der Waals surface area contributed by atoms with E-state index in [2.05, 4.69) is 0 Å². The molecule has 16 heavy (non-hydrogen) atoms. The number of rotatable bonds is 7. The average molecular weight is 249 g/mol. The molecule has 0 bridgehead atoms. The Morgan fingerprint density at radius 2 is 1.62 bits per heavy atom. The standard InChI is InChI=1S/C11H23NO3S/c1-9(2)6-11(13)8-12(7-10(3)4)16(5,14)15/h9-10H,6-8H2,1-5H3. The van der Waals surface area contributed by atoms with Crippen molar-refractivity contribution in [2.24, 2.45) is 11.8 Å². The largest absolute Gasteiger partial charge is 0.298 e. The molecule has 0 aromatic carbocycles. The van der Waals surface area contributed by atoms with Crippen molar-refractivity contribution < 1.29 is 13.2 Å². The highest BCUT2D eigenvalue weighted by atomic mass is 32.2. The number of hydrogen-bond acceptors (Lipinski definition) is 3. The molecule has 0 radical (unpaired) electrons. The maximum absolute atomic E-state index is 11.6. The van der Waals surface area contributed by atoms with Crippen LogP contribution in [0.1, 0.15) is 34.1 Å². The van der Waals surface area contributed by atoms with E-state index in [-0.39, 0.29) is 24.2 Å². The number of ketones is 1. The molecule has 0 fully saturated rings. The first-order valence-electron chi connectivity index (χ1n) is 5.59. The van der Waals surface area contributed by atoms with Crippen LogP contribution in [0.3, 0.4) is 0 Å². The molecular weight excluding hydrogens is 226 g/mol. The summed E-state index contributed by atoms with van der Waals surface area (Å²) in [4.78, 5) is 11.6. The number of sulfonamides is 1. The van der Waals surface area contributed by atoms with Crippen molar-refractivity contribution in [1.82, 2.24) is 4.31 Å². The third-order valence-corrected chi connectivity index (χ3v) is 3.24. The van der Waals surface area contributed by atoms with E-state index in [1.165, 1.54) is 4.31 Å². The third-order valence-electron chi connectivity index (χ3n) is 2.03. The molecule has 0 rings (SSSR count). The lowest BCUT2D eigenvalue weighted by Gasteiger charge is -2.21. The second-order valence-corrected chi connectivity index (χ2v) is 7.07. The molecule has 0 atom stereocenters. The zero-order chi connectivity index (χ0) is 12.9. The molecule has 0 amide bonds. The molecule has 0 aromatic heterocycles. The van der Waals surface area contributed by atoms with E-state index < -0.39 is 10.0 Å². The van der Waals surface area contributed by atoms with E-state index in [0.717, 1.165) is 6.26 Å². The molecule has 0 saturated heterocycles. The van der Waals surface area contributed by atoms with Gasteiger partial charge in [0.1, 0.15) is 5.78 Å². The number of carbonyl (C=O) groups excluding carboxylic acids is 1. The van der Waals surface area contributed by atoms with Crippen molar-refractivity contribution in [3.8, 4) is 0 Å². The molecule has 0 aliphatic rings. The Morgan fingerprint density at radius 3 is 1.94 bits per heavy atom. The van der Waals surface area contributed by atoms with Crippen LogP contribution >= 0.6 is 0 Å². The highest BCUT2D eigenvalue weighted by Gasteiger charge is 2.21. The molecule has 0 saturated carbocycles. The van der Waals surface area contributed by atoms with E-state index in [1.807, 2.05) is 27.7 Å². The Kier molecular flexibility index (Phi) is 6.18. The minimum Gasteiger partial charge on any atom is -0.298 e. The van der Waals surface area contributed by atoms with Crippen molar-refractivity contribution in [1.29, 1.82) is 0 Å². The molecule has 96 valence electrons. The van der Waals surface area contributed by atoms with E-state index in [9.17, 15) is 13.2 Å². The van der Waals surface area contributed by atoms with Crippen LogP contribution in [0.2, 0.25) is 0 Å². The minimum absolute atomic E-state index is 0.00912. The lowest BCUT2D eigenvalue weighted by atomic mass is 10.1. The molecule has 5 heteroatoms. The Bertz CT molecular complexity index is 320. The highest BCUT2D eigenvalue weighted by Crippen LogP contribution is 2.07. The van der Waals surface area contributed by atoms with Gasteiger partial charge in [-0.15, -0.1) is 0 Å². The van der Waals surface area contributed by atoms with Gasteiger partial charge >= 0.3 is 0 Å². The van der Waals surface area contributed by atoms with Crippen LogP contribution in [0.4, 0.5) is 0 Å². The van der Waals surface area contributed by atoms with Crippen LogP contribution in [0.15, 0.2) is 0 Å². The molecule has 0 aliphatic heterocycles. The second kappa shape index (κ2) is 6.35. The van der Waals surface area contributed by atoms with Crippen molar-refractivity contribution in [3.63, 3.8) is 0 Å². The van der Waals surface area contributed by atoms with Crippen LogP contribution in [-0.4, -0.2) is 37.9 Å². The molecule has 0 N–H and O–H groups in total. The van der Waals surface area contributed by atoms with Gasteiger partial charge in [0.15, 0.2) is 0 Å². The van der Waals surface area contributed by atoms with Crippen LogP contribution < -0.4 is 0 Å². The van der Waals surface area contributed by atoms with Gasteiger partial charge < -0.3 is 0 Å². The molecule has 4 nitrogen and oxygen atoms in total. The summed E-state index contributed by atoms with van der Waals surface area (Å²) in [6.45, 7) is 8.18. The fourth-order valence-electron chi connectivity index (χ4n) is 1.44. The smallest absolute Gasteiger partial charge is 0.211 e. The second-order valence-electron chi connectivity index (χ2n) is 5.09. The predicted molar refractivity (Wildman–Crippen MR) is 65.7 cm³/mol. The Hall–Kier alpha value is -0.420. The first-order chi connectivity index (χ1) is 7.12. The van der Waals surface area contributed by atoms with E-state index in [1.54, 1.807) is 0 Å². The Balaban J connectivity index is 4.51. The first-order valence-corrected chi connectivity index (χ1v) is 7.44. The van der Waals surface area contributed by atoms with Crippen molar-refractivity contribution in [3.05, 3.63) is 0 Å². The summed E-state index contributed by atoms with van der Waals surface area (Å²) in [7, 11) is -3.28. The number of Topliss-reactive ketones (excluding diaryl/α,β-unsaturated/α-hetero) is 1. The molecular formula is C11H23NO3S. The zero-order valence-corrected chi connectivity index (χ0v) is 11.7. The van der Waals surface area contributed by atoms with Gasteiger partial charge in [-0.25, -0.2) is 8.42 Å². The maximum atomic E-state index is 11.6. The van der Waals surface area contributed by atoms with Gasteiger partial charge in [-0.1, -0.05) is 27.7 Å². The lowest BCUT2D eigenvalue weighted by molar-refractivity contribution is -0.120. The van der Waals surface area contributed by atoms with Crippen LogP contribution in [0.5, 0.6) is 0 Å². The van der Waals surface area contributed by atoms with Gasteiger partial charge in [-0.05, 0) is 11.8 Å². The predicted octanol–water partition coefficient (Wildman–Crippen LogP) is 1.52. The van der Waals surface area contributed by atoms with Crippen LogP contribution in [-0.2, 0) is 14.8 Å². The fourth-order valence-corrected chi connectivity index (χ4v) is 2.39. The third kappa shape index (κ3) is 6.95. The molecule has 0 heterocycles. The monoisotopic (exact) mass is 249 g/mol. The normalized spacial score (nSPS) is 12.8. The SMILES string of the molecule is CC(C)CC(=O)CN(CC(C)C)S(C)(=O)=O. The van der Waals surface area contributed by atoms with E-state index in [0.29, 0.717) is 13.0 Å². The van der Waals surface area contributed by atoms with E-state index >= 15 is 0 Å². The van der Waals surface area contributed by atoms with Crippen molar-refractivity contribution in [2.75, 3.05) is 19.3 Å². The Labute approximate surface area is 99.1 Å². The molecule has 0 spiro atoms. The zero-order valence-electron chi connectivity index (χ0n) is 10.9. The van der Waals surface area contributed by atoms with Crippen LogP contribution in [0, 0.1) is 11.8 Å². The van der Waals surface area contributed by atoms with Crippen molar-refractivity contribution >= 4 is 15.8 Å². The van der Waals surface area contributed by atoms with Gasteiger partial charge in [0, 0.05) is 13.0 Å². The first kappa shape index (κ1) is 15.6. The topological polar surface area (TPSA) is 54.5 Å². The molecule has 0 aliphatic carbocycles. The number of carbonyl (C=O) groups is 1. The molecule has 0 aromatic rings. The summed E-state index contributed by atoms with van der Waals surface area (Å²) < 4.78 is 24.2. The summed E-state index contributed by atoms with van der Waals surface area (Å²) in [6, 6.07) is 0. The summed E-state index contributed by atoms with van der Waals surface area (Å²) >= 11 is 0. The van der Waals surface area contributed by atoms with Gasteiger partial charge in [0.05, 0.1) is 12.8 Å². The van der Waals surface area contributed by atoms with Gasteiger partial charge in [-0.2, -0.15) is 4.31 Å². The quantitative estimate of drug-likeness (QED) is 0.687. The number of nitrogens with zero attached hydrogens (tertiary/aromatic N) is 1. The minimum atomic E-state index is -3.28. The van der Waals surface area contributed by atoms with Crippen molar-refractivity contribution in [2.45, 2.75) is 34.1 Å². The fraction of sp³-hybridized carbons (Fsp3) is 0.909. The average Bonchev–Trinajstić information content (AvgIpc) is 1.98. The summed E-state index contributed by atoms with van der Waals surface area (Å²) in [6.07, 6.45) is 1.59. The molecule has 0 unspecified atom stereocenters.